The van der Waals surface area contributed by atoms with Gasteiger partial charge in [-0.1, -0.05) is 11.3 Å². The highest BCUT2D eigenvalue weighted by Crippen LogP contribution is 2.30. The number of hydrogen-bond donors (Lipinski definition) is 1. The van der Waals surface area contributed by atoms with Crippen LogP contribution in [0.15, 0.2) is 36.4 Å². The number of nitro groups is 1. The fourth-order valence-corrected chi connectivity index (χ4v) is 3.82. The van der Waals surface area contributed by atoms with Crippen LogP contribution in [0.25, 0.3) is 15.5 Å². The van der Waals surface area contributed by atoms with Crippen LogP contribution in [-0.2, 0) is 0 Å². The molecule has 2 aromatic heterocycles. The van der Waals surface area contributed by atoms with Gasteiger partial charge in [0.2, 0.25) is 4.96 Å². The van der Waals surface area contributed by atoms with E-state index in [1.165, 1.54) is 36.6 Å². The van der Waals surface area contributed by atoms with Gasteiger partial charge in [0, 0.05) is 22.9 Å². The molecule has 11 heteroatoms. The fourth-order valence-electron chi connectivity index (χ4n) is 2.94. The van der Waals surface area contributed by atoms with Crippen LogP contribution in [0.4, 0.5) is 11.4 Å². The first kappa shape index (κ1) is 19.5. The number of rotatable bonds is 5. The quantitative estimate of drug-likeness (QED) is 0.383. The summed E-state index contributed by atoms with van der Waals surface area (Å²) in [5, 5.41) is 27.3. The lowest BCUT2D eigenvalue weighted by molar-refractivity contribution is -0.385. The highest BCUT2D eigenvalue weighted by Gasteiger charge is 2.19. The lowest BCUT2D eigenvalue weighted by Gasteiger charge is -2.10. The molecule has 4 rings (SSSR count). The molecule has 1 amide bonds. The Morgan fingerprint density at radius 3 is 2.67 bits per heavy atom. The van der Waals surface area contributed by atoms with Gasteiger partial charge in [0.05, 0.1) is 12.0 Å². The van der Waals surface area contributed by atoms with Gasteiger partial charge in [0.15, 0.2) is 11.6 Å². The number of amides is 1. The van der Waals surface area contributed by atoms with E-state index in [4.69, 9.17) is 4.74 Å². The molecule has 0 radical (unpaired) electrons. The second-order valence-electron chi connectivity index (χ2n) is 6.48. The standard InChI is InChI=1S/C19H16N6O4S/c1-10-8-13(18-23-24-11(2)21-22-19(24)30-18)4-6-14(10)20-17(26)12-5-7-16(29-3)15(9-12)25(27)28/h4-9H,1-3H3,(H,20,26). The first-order valence-corrected chi connectivity index (χ1v) is 9.62. The van der Waals surface area contributed by atoms with Gasteiger partial charge < -0.3 is 10.1 Å². The third-order valence-electron chi connectivity index (χ3n) is 4.51. The van der Waals surface area contributed by atoms with Gasteiger partial charge in [0.25, 0.3) is 5.91 Å². The van der Waals surface area contributed by atoms with Crippen molar-refractivity contribution in [1.82, 2.24) is 19.8 Å². The van der Waals surface area contributed by atoms with Gasteiger partial charge in [-0.15, -0.1) is 10.2 Å². The summed E-state index contributed by atoms with van der Waals surface area (Å²) in [6.07, 6.45) is 0. The molecule has 0 aliphatic carbocycles. The van der Waals surface area contributed by atoms with Gasteiger partial charge in [0.1, 0.15) is 5.01 Å². The number of ether oxygens (including phenoxy) is 1. The van der Waals surface area contributed by atoms with Crippen molar-refractivity contribution in [1.29, 1.82) is 0 Å². The first-order valence-electron chi connectivity index (χ1n) is 8.81. The summed E-state index contributed by atoms with van der Waals surface area (Å²) in [6, 6.07) is 9.61. The molecule has 0 spiro atoms. The number of hydrogen-bond acceptors (Lipinski definition) is 8. The summed E-state index contributed by atoms with van der Waals surface area (Å²) >= 11 is 1.42. The summed E-state index contributed by atoms with van der Waals surface area (Å²) in [4.78, 5) is 23.9. The normalized spacial score (nSPS) is 10.9. The topological polar surface area (TPSA) is 125 Å². The van der Waals surface area contributed by atoms with Crippen LogP contribution in [0.2, 0.25) is 0 Å². The van der Waals surface area contributed by atoms with E-state index in [1.54, 1.807) is 10.6 Å². The van der Waals surface area contributed by atoms with E-state index in [0.717, 1.165) is 16.1 Å². The third kappa shape index (κ3) is 3.46. The van der Waals surface area contributed by atoms with Gasteiger partial charge in [-0.25, -0.2) is 0 Å². The molecule has 0 bridgehead atoms. The number of nitrogens with one attached hydrogen (secondary N) is 1. The highest BCUT2D eigenvalue weighted by atomic mass is 32.1. The second kappa shape index (κ2) is 7.52. The monoisotopic (exact) mass is 424 g/mol. The van der Waals surface area contributed by atoms with Gasteiger partial charge in [-0.05, 0) is 49.7 Å². The van der Waals surface area contributed by atoms with Crippen molar-refractivity contribution in [2.24, 2.45) is 0 Å². The van der Waals surface area contributed by atoms with Crippen LogP contribution in [0, 0.1) is 24.0 Å². The zero-order valence-electron chi connectivity index (χ0n) is 16.2. The summed E-state index contributed by atoms with van der Waals surface area (Å²) in [6.45, 7) is 3.69. The zero-order chi connectivity index (χ0) is 21.4. The molecule has 4 aromatic rings. The summed E-state index contributed by atoms with van der Waals surface area (Å²) in [5.74, 6) is 0.352. The van der Waals surface area contributed by atoms with E-state index in [0.29, 0.717) is 16.5 Å². The molecule has 0 saturated heterocycles. The SMILES string of the molecule is COc1ccc(C(=O)Nc2ccc(-c3nn4c(C)nnc4s3)cc2C)cc1[N+](=O)[O-]. The first-order chi connectivity index (χ1) is 14.4. The Labute approximate surface area is 174 Å². The van der Waals surface area contributed by atoms with Crippen LogP contribution in [0.5, 0.6) is 5.75 Å². The van der Waals surface area contributed by atoms with Crippen molar-refractivity contribution in [3.8, 4) is 16.3 Å². The minimum absolute atomic E-state index is 0.0947. The number of aromatic nitrogens is 4. The molecule has 2 heterocycles. The van der Waals surface area contributed by atoms with Crippen molar-refractivity contribution >= 4 is 33.6 Å². The van der Waals surface area contributed by atoms with Crippen LogP contribution in [0.1, 0.15) is 21.7 Å². The van der Waals surface area contributed by atoms with Crippen molar-refractivity contribution < 1.29 is 14.5 Å². The molecule has 0 fully saturated rings. The average molecular weight is 424 g/mol. The predicted molar refractivity (Wildman–Crippen MR) is 111 cm³/mol. The minimum Gasteiger partial charge on any atom is -0.490 e. The molecule has 10 nitrogen and oxygen atoms in total. The number of nitrogens with zero attached hydrogens (tertiary/aromatic N) is 5. The Hall–Kier alpha value is -3.86. The lowest BCUT2D eigenvalue weighted by Crippen LogP contribution is -2.13. The summed E-state index contributed by atoms with van der Waals surface area (Å²) < 4.78 is 6.65. The van der Waals surface area contributed by atoms with E-state index in [9.17, 15) is 14.9 Å². The molecule has 152 valence electrons. The van der Waals surface area contributed by atoms with Crippen LogP contribution < -0.4 is 10.1 Å². The minimum atomic E-state index is -0.586. The molecule has 0 unspecified atom stereocenters. The van der Waals surface area contributed by atoms with Gasteiger partial charge in [-0.2, -0.15) is 9.61 Å². The van der Waals surface area contributed by atoms with E-state index in [2.05, 4.69) is 20.6 Å². The molecule has 1 N–H and O–H groups in total. The number of nitro benzene ring substituents is 1. The number of benzene rings is 2. The largest absolute Gasteiger partial charge is 0.490 e. The fraction of sp³-hybridized carbons (Fsp3) is 0.158. The van der Waals surface area contributed by atoms with E-state index in [1.807, 2.05) is 26.0 Å². The predicted octanol–water partition coefficient (Wildman–Crippen LogP) is 3.64. The molecule has 2 aromatic carbocycles. The number of carbonyl (C=O) groups excluding carboxylic acids is 1. The Bertz CT molecular complexity index is 1300. The average Bonchev–Trinajstić information content (AvgIpc) is 3.31. The van der Waals surface area contributed by atoms with E-state index in [-0.39, 0.29) is 17.0 Å². The van der Waals surface area contributed by atoms with Gasteiger partial charge >= 0.3 is 5.69 Å². The van der Waals surface area contributed by atoms with Crippen LogP contribution in [0.3, 0.4) is 0 Å². The molecule has 30 heavy (non-hydrogen) atoms. The number of anilines is 1. The Morgan fingerprint density at radius 2 is 2.00 bits per heavy atom. The van der Waals surface area contributed by atoms with E-state index < -0.39 is 10.8 Å². The smallest absolute Gasteiger partial charge is 0.311 e. The van der Waals surface area contributed by atoms with E-state index >= 15 is 0 Å². The summed E-state index contributed by atoms with van der Waals surface area (Å²) in [5.41, 5.74) is 2.21. The maximum absolute atomic E-state index is 12.6. The van der Waals surface area contributed by atoms with Crippen molar-refractivity contribution in [3.63, 3.8) is 0 Å². The zero-order valence-corrected chi connectivity index (χ0v) is 17.1. The number of carbonyl (C=O) groups is 1. The molecule has 0 atom stereocenters. The summed E-state index contributed by atoms with van der Waals surface area (Å²) in [7, 11) is 1.34. The van der Waals surface area contributed by atoms with Crippen molar-refractivity contribution in [2.75, 3.05) is 12.4 Å². The highest BCUT2D eigenvalue weighted by molar-refractivity contribution is 7.19. The van der Waals surface area contributed by atoms with Crippen LogP contribution in [-0.4, -0.2) is 37.8 Å². The molecule has 0 saturated carbocycles. The Morgan fingerprint density at radius 1 is 1.20 bits per heavy atom. The van der Waals surface area contributed by atoms with Crippen molar-refractivity contribution in [3.05, 3.63) is 63.5 Å². The van der Waals surface area contributed by atoms with Crippen LogP contribution >= 0.6 is 11.3 Å². The second-order valence-corrected chi connectivity index (χ2v) is 7.43. The maximum Gasteiger partial charge on any atom is 0.311 e. The molecular weight excluding hydrogens is 408 g/mol. The molecule has 0 aliphatic rings. The van der Waals surface area contributed by atoms with Crippen molar-refractivity contribution in [2.45, 2.75) is 13.8 Å². The Balaban J connectivity index is 1.58. The molecular formula is C19H16N6O4S. The Kier molecular flexibility index (Phi) is 4.88. The number of methoxy groups -OCH3 is 1. The number of fused-ring (bicyclic) bond motifs is 1. The maximum atomic E-state index is 12.6. The third-order valence-corrected chi connectivity index (χ3v) is 5.45. The number of aryl methyl sites for hydroxylation is 2. The molecule has 0 aliphatic heterocycles. The lowest BCUT2D eigenvalue weighted by atomic mass is 10.1. The van der Waals surface area contributed by atoms with Gasteiger partial charge in [-0.3, -0.25) is 14.9 Å².